The summed E-state index contributed by atoms with van der Waals surface area (Å²) in [4.78, 5) is 62.7. The van der Waals surface area contributed by atoms with Gasteiger partial charge in [-0.1, -0.05) is 24.3 Å². The summed E-state index contributed by atoms with van der Waals surface area (Å²) in [6, 6.07) is 19.2. The first-order chi connectivity index (χ1) is 28.2. The summed E-state index contributed by atoms with van der Waals surface area (Å²) in [7, 11) is 5.14. The van der Waals surface area contributed by atoms with Crippen molar-refractivity contribution >= 4 is 58.0 Å². The van der Waals surface area contributed by atoms with E-state index in [1.165, 1.54) is 31.7 Å². The summed E-state index contributed by atoms with van der Waals surface area (Å²) in [5.74, 6) is -0.727. The third-order valence-electron chi connectivity index (χ3n) is 10.6. The Morgan fingerprint density at radius 3 is 2.36 bits per heavy atom. The fourth-order valence-corrected chi connectivity index (χ4v) is 7.09. The van der Waals surface area contributed by atoms with E-state index in [0.717, 1.165) is 37.3 Å². The van der Waals surface area contributed by atoms with Crippen LogP contribution in [0, 0.1) is 0 Å². The number of hydrogen-bond acceptors (Lipinski definition) is 12. The molecule has 0 radical (unpaired) electrons. The molecule has 6 rings (SSSR count). The van der Waals surface area contributed by atoms with Gasteiger partial charge in [-0.3, -0.25) is 29.4 Å². The van der Waals surface area contributed by atoms with E-state index in [-0.39, 0.29) is 40.7 Å². The van der Waals surface area contributed by atoms with Crippen LogP contribution in [0.4, 0.5) is 47.7 Å². The Bertz CT molecular complexity index is 2160. The first-order valence-corrected chi connectivity index (χ1v) is 19.3. The lowest BCUT2D eigenvalue weighted by Crippen LogP contribution is -2.47. The minimum absolute atomic E-state index is 0.0213. The van der Waals surface area contributed by atoms with Crippen molar-refractivity contribution in [3.8, 4) is 5.75 Å². The Hall–Kier alpha value is -6.23. The molecular formula is C42H48F3N9O5. The molecule has 2 aliphatic rings. The van der Waals surface area contributed by atoms with Gasteiger partial charge in [-0.25, -0.2) is 4.98 Å². The second kappa shape index (κ2) is 18.6. The van der Waals surface area contributed by atoms with Crippen molar-refractivity contribution in [2.24, 2.45) is 0 Å². The number of likely N-dealkylation sites (N-methyl/N-ethyl adjacent to an activating group) is 2. The van der Waals surface area contributed by atoms with Crippen molar-refractivity contribution in [2.45, 2.75) is 50.7 Å². The Morgan fingerprint density at radius 2 is 1.68 bits per heavy atom. The van der Waals surface area contributed by atoms with E-state index in [1.54, 1.807) is 36.2 Å². The number of hydrogen-bond donors (Lipinski definition) is 4. The standard InChI is InChI=1S/C42H48F3N9O5/c1-26(55)31-7-5-6-8-33(31)48-39-32(42(43,44)45)24-46-41(51-39)49-34-14-13-30(23-36(34)59-4)52(2)21-22-53(3)38(57)25-54-19-17-28(18-20-54)27-9-11-29(12-10-27)47-35-15-16-37(56)50-40(35)58/h5-14,23-24,28,35,47H,15-22,25H2,1-4H3,(H,50,56,58)(H2,46,48,49,51). The van der Waals surface area contributed by atoms with Gasteiger partial charge in [0.15, 0.2) is 5.78 Å². The number of amides is 3. The monoisotopic (exact) mass is 815 g/mol. The van der Waals surface area contributed by atoms with Crippen LogP contribution in [0.25, 0.3) is 0 Å². The Kier molecular flexibility index (Phi) is 13.3. The summed E-state index contributed by atoms with van der Waals surface area (Å²) in [6.45, 7) is 4.23. The molecule has 0 aliphatic carbocycles. The maximum atomic E-state index is 13.9. The lowest BCUT2D eigenvalue weighted by Gasteiger charge is -2.33. The van der Waals surface area contributed by atoms with Gasteiger partial charge in [0.25, 0.3) is 0 Å². The minimum atomic E-state index is -4.76. The maximum absolute atomic E-state index is 13.9. The number of para-hydroxylation sites is 1. The van der Waals surface area contributed by atoms with E-state index in [1.807, 2.05) is 30.1 Å². The number of alkyl halides is 3. The molecule has 1 atom stereocenters. The fourth-order valence-electron chi connectivity index (χ4n) is 7.09. The number of benzene rings is 3. The van der Waals surface area contributed by atoms with Crippen LogP contribution < -0.4 is 30.9 Å². The summed E-state index contributed by atoms with van der Waals surface area (Å²) in [5.41, 5.74) is 2.54. The molecule has 1 aromatic heterocycles. The predicted octanol–water partition coefficient (Wildman–Crippen LogP) is 6.19. The van der Waals surface area contributed by atoms with Crippen molar-refractivity contribution in [3.05, 3.63) is 89.6 Å². The first-order valence-electron chi connectivity index (χ1n) is 19.3. The van der Waals surface area contributed by atoms with E-state index >= 15 is 0 Å². The Morgan fingerprint density at radius 1 is 0.949 bits per heavy atom. The number of ether oxygens (including phenoxy) is 1. The maximum Gasteiger partial charge on any atom is 0.421 e. The molecule has 1 unspecified atom stereocenters. The van der Waals surface area contributed by atoms with Gasteiger partial charge < -0.3 is 30.5 Å². The first kappa shape index (κ1) is 42.4. The highest BCUT2D eigenvalue weighted by Crippen LogP contribution is 2.37. The zero-order chi connectivity index (χ0) is 42.3. The van der Waals surface area contributed by atoms with Crippen molar-refractivity contribution < 1.29 is 37.1 Å². The van der Waals surface area contributed by atoms with Crippen LogP contribution in [0.1, 0.15) is 60.0 Å². The van der Waals surface area contributed by atoms with Crippen molar-refractivity contribution in [2.75, 3.05) is 74.8 Å². The van der Waals surface area contributed by atoms with E-state index in [0.29, 0.717) is 56.0 Å². The van der Waals surface area contributed by atoms with Crippen molar-refractivity contribution in [1.82, 2.24) is 25.1 Å². The van der Waals surface area contributed by atoms with Gasteiger partial charge >= 0.3 is 6.18 Å². The average Bonchev–Trinajstić information content (AvgIpc) is 3.21. The number of methoxy groups -OCH3 is 1. The van der Waals surface area contributed by atoms with E-state index < -0.39 is 23.6 Å². The zero-order valence-corrected chi connectivity index (χ0v) is 33.4. The molecule has 0 saturated carbocycles. The molecule has 2 fully saturated rings. The lowest BCUT2D eigenvalue weighted by molar-refractivity contribution is -0.137. The number of nitrogens with zero attached hydrogens (tertiary/aromatic N) is 5. The van der Waals surface area contributed by atoms with E-state index in [9.17, 15) is 32.3 Å². The van der Waals surface area contributed by atoms with Crippen LogP contribution in [0.2, 0.25) is 0 Å². The molecule has 312 valence electrons. The quantitative estimate of drug-likeness (QED) is 0.0798. The smallest absolute Gasteiger partial charge is 0.421 e. The summed E-state index contributed by atoms with van der Waals surface area (Å²) < 4.78 is 47.4. The number of rotatable bonds is 15. The minimum Gasteiger partial charge on any atom is -0.494 e. The number of anilines is 6. The van der Waals surface area contributed by atoms with Crippen LogP contribution in [-0.4, -0.2) is 103 Å². The SMILES string of the molecule is COc1cc(N(C)CCN(C)C(=O)CN2CCC(c3ccc(NC4CCC(=O)NC4=O)cc3)CC2)ccc1Nc1ncc(C(F)(F)F)c(Nc2ccccc2C(C)=O)n1. The van der Waals surface area contributed by atoms with E-state index in [4.69, 9.17) is 4.74 Å². The van der Waals surface area contributed by atoms with Gasteiger partial charge in [-0.2, -0.15) is 18.2 Å². The zero-order valence-electron chi connectivity index (χ0n) is 33.4. The molecule has 14 nitrogen and oxygen atoms in total. The Labute approximate surface area is 340 Å². The lowest BCUT2D eigenvalue weighted by atomic mass is 9.89. The largest absolute Gasteiger partial charge is 0.494 e. The molecule has 0 bridgehead atoms. The number of ketones is 1. The van der Waals surface area contributed by atoms with Gasteiger partial charge in [0, 0.05) is 62.8 Å². The normalized spacial score (nSPS) is 16.2. The number of imide groups is 1. The van der Waals surface area contributed by atoms with E-state index in [2.05, 4.69) is 48.3 Å². The topological polar surface area (TPSA) is 161 Å². The highest BCUT2D eigenvalue weighted by atomic mass is 19.4. The molecule has 4 N–H and O–H groups in total. The second-order valence-corrected chi connectivity index (χ2v) is 14.7. The van der Waals surface area contributed by atoms with Crippen LogP contribution in [0.3, 0.4) is 0 Å². The van der Waals surface area contributed by atoms with Gasteiger partial charge in [-0.15, -0.1) is 0 Å². The molecule has 3 aromatic carbocycles. The molecule has 2 aliphatic heterocycles. The van der Waals surface area contributed by atoms with Gasteiger partial charge in [0.05, 0.1) is 25.0 Å². The van der Waals surface area contributed by atoms with Crippen LogP contribution in [-0.2, 0) is 20.6 Å². The number of nitrogens with one attached hydrogen (secondary N) is 4. The molecule has 4 aromatic rings. The molecule has 3 heterocycles. The van der Waals surface area contributed by atoms with Gasteiger partial charge in [-0.05, 0) is 87.2 Å². The van der Waals surface area contributed by atoms with Crippen LogP contribution in [0.15, 0.2) is 72.9 Å². The van der Waals surface area contributed by atoms with Gasteiger partial charge in [0.2, 0.25) is 23.7 Å². The number of aromatic nitrogens is 2. The number of carbonyl (C=O) groups excluding carboxylic acids is 4. The molecule has 3 amide bonds. The highest BCUT2D eigenvalue weighted by Gasteiger charge is 2.36. The molecule has 59 heavy (non-hydrogen) atoms. The number of carbonyl (C=O) groups is 4. The predicted molar refractivity (Wildman–Crippen MR) is 219 cm³/mol. The number of likely N-dealkylation sites (tertiary alicyclic amines) is 1. The summed E-state index contributed by atoms with van der Waals surface area (Å²) >= 11 is 0. The number of piperidine rings is 2. The number of Topliss-reactive ketones (excluding diaryl/α,β-unsaturated/α-hetero) is 1. The number of halogens is 3. The fraction of sp³-hybridized carbons (Fsp3) is 0.381. The third-order valence-corrected chi connectivity index (χ3v) is 10.6. The van der Waals surface area contributed by atoms with Crippen molar-refractivity contribution in [3.63, 3.8) is 0 Å². The highest BCUT2D eigenvalue weighted by molar-refractivity contribution is 6.01. The molecule has 0 spiro atoms. The average molecular weight is 816 g/mol. The molecule has 17 heteroatoms. The Balaban J connectivity index is 0.990. The molecular weight excluding hydrogens is 768 g/mol. The summed E-state index contributed by atoms with van der Waals surface area (Å²) in [6.07, 6.45) is -1.45. The second-order valence-electron chi connectivity index (χ2n) is 14.7. The third kappa shape index (κ3) is 10.8. The van der Waals surface area contributed by atoms with Crippen LogP contribution >= 0.6 is 0 Å². The summed E-state index contributed by atoms with van der Waals surface area (Å²) in [5, 5.41) is 11.2. The van der Waals surface area contributed by atoms with Crippen molar-refractivity contribution in [1.29, 1.82) is 0 Å². The van der Waals surface area contributed by atoms with Gasteiger partial charge in [0.1, 0.15) is 23.2 Å². The van der Waals surface area contributed by atoms with Crippen LogP contribution in [0.5, 0.6) is 5.75 Å². The molecule has 2 saturated heterocycles.